The summed E-state index contributed by atoms with van der Waals surface area (Å²) < 4.78 is 0. The number of rotatable bonds is 6. The summed E-state index contributed by atoms with van der Waals surface area (Å²) in [5.41, 5.74) is 0.493. The highest BCUT2D eigenvalue weighted by Gasteiger charge is 2.49. The molecule has 0 radical (unpaired) electrons. The van der Waals surface area contributed by atoms with E-state index in [1.165, 1.54) is 0 Å². The minimum absolute atomic E-state index is 0.157. The van der Waals surface area contributed by atoms with Gasteiger partial charge in [-0.2, -0.15) is 0 Å². The van der Waals surface area contributed by atoms with Crippen LogP contribution in [0.25, 0.3) is 0 Å². The number of urea groups is 1. The number of nitrogens with zero attached hydrogens (tertiary/aromatic N) is 1. The Kier molecular flexibility index (Phi) is 5.49. The molecule has 0 aromatic heterocycles. The van der Waals surface area contributed by atoms with Crippen molar-refractivity contribution in [2.45, 2.75) is 32.4 Å². The molecule has 2 atom stereocenters. The summed E-state index contributed by atoms with van der Waals surface area (Å²) in [6.45, 7) is 5.36. The Labute approximate surface area is 164 Å². The van der Waals surface area contributed by atoms with Gasteiger partial charge in [-0.25, -0.2) is 4.79 Å². The first-order chi connectivity index (χ1) is 13.3. The molecule has 2 unspecified atom stereocenters. The smallest absolute Gasteiger partial charge is 0.325 e. The highest BCUT2D eigenvalue weighted by atomic mass is 16.2. The summed E-state index contributed by atoms with van der Waals surface area (Å²) in [6.07, 6.45) is 0. The molecule has 1 heterocycles. The third-order valence-electron chi connectivity index (χ3n) is 5.07. The van der Waals surface area contributed by atoms with Crippen LogP contribution >= 0.6 is 0 Å². The van der Waals surface area contributed by atoms with Gasteiger partial charge in [0.2, 0.25) is 5.91 Å². The molecule has 146 valence electrons. The lowest BCUT2D eigenvalue weighted by atomic mass is 9.92. The molecule has 1 saturated heterocycles. The van der Waals surface area contributed by atoms with Crippen molar-refractivity contribution in [1.29, 1.82) is 0 Å². The maximum atomic E-state index is 12.9. The van der Waals surface area contributed by atoms with E-state index in [0.717, 1.165) is 10.5 Å². The zero-order valence-corrected chi connectivity index (χ0v) is 16.3. The highest BCUT2D eigenvalue weighted by molar-refractivity contribution is 6.09. The number of amides is 4. The number of imide groups is 1. The molecular formula is C22H25N3O3. The predicted molar refractivity (Wildman–Crippen MR) is 106 cm³/mol. The molecule has 6 nitrogen and oxygen atoms in total. The summed E-state index contributed by atoms with van der Waals surface area (Å²) in [5.74, 6) is -0.646. The van der Waals surface area contributed by atoms with Crippen LogP contribution in [-0.2, 0) is 15.1 Å². The van der Waals surface area contributed by atoms with Gasteiger partial charge in [0.25, 0.3) is 5.91 Å². The van der Waals surface area contributed by atoms with Gasteiger partial charge in [0.1, 0.15) is 12.1 Å². The van der Waals surface area contributed by atoms with Crippen molar-refractivity contribution < 1.29 is 14.4 Å². The standard InChI is InChI=1S/C22H25N3O3/c1-15(2)19(16-10-6-4-7-11-16)23-18(26)14-25-20(27)22(3,24-21(25)28)17-12-8-5-9-13-17/h4-13,15,19H,14H2,1-3H3,(H,23,26)(H,24,28). The molecule has 2 aromatic carbocycles. The second kappa shape index (κ2) is 7.84. The van der Waals surface area contributed by atoms with E-state index in [1.807, 2.05) is 62.4 Å². The molecule has 0 spiro atoms. The summed E-state index contributed by atoms with van der Waals surface area (Å²) in [6, 6.07) is 17.9. The van der Waals surface area contributed by atoms with Crippen molar-refractivity contribution in [2.24, 2.45) is 5.92 Å². The molecular weight excluding hydrogens is 354 g/mol. The highest BCUT2D eigenvalue weighted by Crippen LogP contribution is 2.28. The average molecular weight is 379 g/mol. The second-order valence-electron chi connectivity index (χ2n) is 7.51. The molecule has 0 aliphatic carbocycles. The van der Waals surface area contributed by atoms with Gasteiger partial charge in [0.15, 0.2) is 0 Å². The van der Waals surface area contributed by atoms with Crippen LogP contribution in [0.4, 0.5) is 4.79 Å². The third-order valence-corrected chi connectivity index (χ3v) is 5.07. The van der Waals surface area contributed by atoms with E-state index in [-0.39, 0.29) is 24.4 Å². The quantitative estimate of drug-likeness (QED) is 0.758. The lowest BCUT2D eigenvalue weighted by Gasteiger charge is -2.24. The Morgan fingerprint density at radius 3 is 2.18 bits per heavy atom. The number of hydrogen-bond acceptors (Lipinski definition) is 3. The number of nitrogens with one attached hydrogen (secondary N) is 2. The molecule has 2 aromatic rings. The first kappa shape index (κ1) is 19.6. The van der Waals surface area contributed by atoms with Gasteiger partial charge in [-0.3, -0.25) is 14.5 Å². The largest absolute Gasteiger partial charge is 0.347 e. The first-order valence-electron chi connectivity index (χ1n) is 9.37. The van der Waals surface area contributed by atoms with Crippen LogP contribution in [0.2, 0.25) is 0 Å². The minimum Gasteiger partial charge on any atom is -0.347 e. The van der Waals surface area contributed by atoms with Crippen LogP contribution in [-0.4, -0.2) is 29.3 Å². The van der Waals surface area contributed by atoms with Gasteiger partial charge < -0.3 is 10.6 Å². The molecule has 0 saturated carbocycles. The zero-order chi connectivity index (χ0) is 20.3. The van der Waals surface area contributed by atoms with E-state index in [0.29, 0.717) is 5.56 Å². The summed E-state index contributed by atoms with van der Waals surface area (Å²) >= 11 is 0. The Bertz CT molecular complexity index is 867. The second-order valence-corrected chi connectivity index (χ2v) is 7.51. The van der Waals surface area contributed by atoms with Crippen LogP contribution in [0.5, 0.6) is 0 Å². The average Bonchev–Trinajstić information content (AvgIpc) is 2.91. The van der Waals surface area contributed by atoms with Crippen molar-refractivity contribution in [3.8, 4) is 0 Å². The van der Waals surface area contributed by atoms with Crippen molar-refractivity contribution >= 4 is 17.8 Å². The fourth-order valence-corrected chi connectivity index (χ4v) is 3.47. The zero-order valence-electron chi connectivity index (χ0n) is 16.3. The van der Waals surface area contributed by atoms with E-state index in [9.17, 15) is 14.4 Å². The Morgan fingerprint density at radius 2 is 1.61 bits per heavy atom. The normalized spacial score (nSPS) is 20.2. The lowest BCUT2D eigenvalue weighted by molar-refractivity contribution is -0.135. The van der Waals surface area contributed by atoms with E-state index in [2.05, 4.69) is 10.6 Å². The van der Waals surface area contributed by atoms with Crippen LogP contribution in [0.1, 0.15) is 37.9 Å². The summed E-state index contributed by atoms with van der Waals surface area (Å²) in [7, 11) is 0. The number of hydrogen-bond donors (Lipinski definition) is 2. The molecule has 1 fully saturated rings. The Balaban J connectivity index is 1.73. The van der Waals surface area contributed by atoms with Gasteiger partial charge in [-0.15, -0.1) is 0 Å². The van der Waals surface area contributed by atoms with Crippen molar-refractivity contribution in [2.75, 3.05) is 6.54 Å². The summed E-state index contributed by atoms with van der Waals surface area (Å²) in [4.78, 5) is 39.0. The first-order valence-corrected chi connectivity index (χ1v) is 9.37. The van der Waals surface area contributed by atoms with Gasteiger partial charge in [0.05, 0.1) is 6.04 Å². The maximum absolute atomic E-state index is 12.9. The van der Waals surface area contributed by atoms with Gasteiger partial charge in [-0.1, -0.05) is 74.5 Å². The van der Waals surface area contributed by atoms with Gasteiger partial charge in [-0.05, 0) is 24.0 Å². The van der Waals surface area contributed by atoms with E-state index >= 15 is 0 Å². The van der Waals surface area contributed by atoms with Gasteiger partial charge >= 0.3 is 6.03 Å². The summed E-state index contributed by atoms with van der Waals surface area (Å²) in [5, 5.41) is 5.67. The number of carbonyl (C=O) groups excluding carboxylic acids is 3. The van der Waals surface area contributed by atoms with E-state index in [1.54, 1.807) is 19.1 Å². The fraction of sp³-hybridized carbons (Fsp3) is 0.318. The van der Waals surface area contributed by atoms with E-state index in [4.69, 9.17) is 0 Å². The molecule has 6 heteroatoms. The molecule has 1 aliphatic heterocycles. The number of benzene rings is 2. The lowest BCUT2D eigenvalue weighted by Crippen LogP contribution is -2.44. The minimum atomic E-state index is -1.17. The predicted octanol–water partition coefficient (Wildman–Crippen LogP) is 2.97. The van der Waals surface area contributed by atoms with Crippen molar-refractivity contribution in [1.82, 2.24) is 15.5 Å². The molecule has 28 heavy (non-hydrogen) atoms. The van der Waals surface area contributed by atoms with Crippen molar-refractivity contribution in [3.05, 3.63) is 71.8 Å². The van der Waals surface area contributed by atoms with Crippen LogP contribution in [0, 0.1) is 5.92 Å². The molecule has 1 aliphatic rings. The number of carbonyl (C=O) groups is 3. The molecule has 2 N–H and O–H groups in total. The van der Waals surface area contributed by atoms with Gasteiger partial charge in [0, 0.05) is 0 Å². The Morgan fingerprint density at radius 1 is 1.04 bits per heavy atom. The molecule has 0 bridgehead atoms. The van der Waals surface area contributed by atoms with E-state index < -0.39 is 17.5 Å². The maximum Gasteiger partial charge on any atom is 0.325 e. The van der Waals surface area contributed by atoms with Crippen LogP contribution in [0.15, 0.2) is 60.7 Å². The third kappa shape index (κ3) is 3.76. The molecule has 3 rings (SSSR count). The van der Waals surface area contributed by atoms with Crippen molar-refractivity contribution in [3.63, 3.8) is 0 Å². The Hall–Kier alpha value is -3.15. The van der Waals surface area contributed by atoms with Crippen LogP contribution < -0.4 is 10.6 Å². The fourth-order valence-electron chi connectivity index (χ4n) is 3.47. The van der Waals surface area contributed by atoms with Crippen LogP contribution in [0.3, 0.4) is 0 Å². The monoisotopic (exact) mass is 379 g/mol. The SMILES string of the molecule is CC(C)C(NC(=O)CN1C(=O)NC(C)(c2ccccc2)C1=O)c1ccccc1. The topological polar surface area (TPSA) is 78.5 Å². The molecule has 4 amide bonds.